The van der Waals surface area contributed by atoms with E-state index in [4.69, 9.17) is 54.8 Å². The van der Waals surface area contributed by atoms with Crippen LogP contribution >= 0.6 is 30.2 Å². The van der Waals surface area contributed by atoms with Crippen LogP contribution in [0.1, 0.15) is 162 Å². The summed E-state index contributed by atoms with van der Waals surface area (Å²) in [6.45, 7) is -4.23. The van der Waals surface area contributed by atoms with Crippen LogP contribution < -0.4 is 0 Å². The van der Waals surface area contributed by atoms with Crippen molar-refractivity contribution < 1.29 is 68.8 Å². The summed E-state index contributed by atoms with van der Waals surface area (Å²) in [5, 5.41) is 0. The fourth-order valence-corrected chi connectivity index (χ4v) is 1.51. The molecule has 0 heterocycles. The number of rotatable bonds is 20. The second-order valence-electron chi connectivity index (χ2n) is 4.31. The van der Waals surface area contributed by atoms with Crippen LogP contribution in [0, 0.1) is 3.57 Å². The van der Waals surface area contributed by atoms with E-state index >= 15 is 0 Å². The maximum atomic E-state index is 11.8. The Hall–Kier alpha value is 0.100. The van der Waals surface area contributed by atoms with Crippen molar-refractivity contribution in [1.82, 2.24) is 0 Å². The lowest BCUT2D eigenvalue weighted by Gasteiger charge is -2.06. The van der Waals surface area contributed by atoms with Crippen molar-refractivity contribution in [1.29, 1.82) is 0 Å². The third kappa shape index (κ3) is 18.8. The second-order valence-corrected chi connectivity index (χ2v) is 7.18. The molecule has 1 rings (SSSR count). The molecule has 0 aliphatic rings. The van der Waals surface area contributed by atoms with Crippen LogP contribution in [0.4, 0.5) is 0 Å². The number of halogens is 1. The lowest BCUT2D eigenvalue weighted by Crippen LogP contribution is -1.91. The molecule has 0 saturated carbocycles. The Morgan fingerprint density at radius 3 is 1.57 bits per heavy atom. The zero-order valence-corrected chi connectivity index (χ0v) is 18.1. The molecule has 0 aliphatic heterocycles. The van der Waals surface area contributed by atoms with Gasteiger partial charge in [-0.05, 0) is 59.4 Å². The molecule has 1 aromatic carbocycles. The minimum Gasteiger partial charge on any atom is -0.324 e. The van der Waals surface area contributed by atoms with Crippen molar-refractivity contribution in [2.45, 2.75) is 108 Å². The molecule has 0 aromatic heterocycles. The Bertz CT molecular complexity index is 2180. The summed E-state index contributed by atoms with van der Waals surface area (Å²) in [7, 11) is -5.20. The van der Waals surface area contributed by atoms with Crippen LogP contribution in [0.2, 0.25) is 0 Å². The molecule has 1 unspecified atom stereocenters. The first-order valence-electron chi connectivity index (χ1n) is 27.4. The molecule has 1 atom stereocenters. The van der Waals surface area contributed by atoms with Crippen LogP contribution in [0.5, 0.6) is 0 Å². The topological polar surface area (TPSA) is 46.5 Å². The Labute approximate surface area is 255 Å². The van der Waals surface area contributed by atoms with E-state index in [1.165, 1.54) is 22.6 Å². The van der Waals surface area contributed by atoms with E-state index in [1.807, 2.05) is 0 Å². The molecule has 0 spiro atoms. The lowest BCUT2D eigenvalue weighted by molar-refractivity contribution is 0.257. The van der Waals surface area contributed by atoms with Gasteiger partial charge in [-0.25, -0.2) is 0 Å². The van der Waals surface area contributed by atoms with E-state index < -0.39 is 156 Å². The molecule has 0 bridgehead atoms. The van der Waals surface area contributed by atoms with Gasteiger partial charge in [0.2, 0.25) is 0 Å². The molecular weight excluding hydrogens is 506 g/mol. The minimum absolute atomic E-state index is 0.232. The predicted molar refractivity (Wildman–Crippen MR) is 138 cm³/mol. The molecule has 0 amide bonds. The molecule has 1 N–H and O–H groups in total. The Morgan fingerprint density at radius 1 is 0.800 bits per heavy atom. The van der Waals surface area contributed by atoms with Crippen molar-refractivity contribution in [3.63, 3.8) is 0 Å². The zero-order chi connectivity index (χ0) is 57.7. The molecule has 5 heteroatoms. The largest absolute Gasteiger partial charge is 0.325 e. The maximum Gasteiger partial charge on any atom is 0.325 e. The van der Waals surface area contributed by atoms with Crippen molar-refractivity contribution in [3.8, 4) is 0 Å². The third-order valence-corrected chi connectivity index (χ3v) is 2.95. The Kier molecular flexibility index (Phi) is 3.22. The first-order valence-corrected chi connectivity index (χ1v) is 10.5. The minimum atomic E-state index is -5.39. The van der Waals surface area contributed by atoms with Crippen molar-refractivity contribution in [2.24, 2.45) is 0 Å². The number of hydrogen-bond donors (Lipinski definition) is 1. The summed E-state index contributed by atoms with van der Waals surface area (Å²) in [6.07, 6.45) is -87.1. The molecular formula is C25H44IO3P. The predicted octanol–water partition coefficient (Wildman–Crippen LogP) is 8.91. The van der Waals surface area contributed by atoms with E-state index in [0.29, 0.717) is 0 Å². The van der Waals surface area contributed by atoms with Gasteiger partial charge in [0.25, 0.3) is 0 Å². The van der Waals surface area contributed by atoms with Crippen LogP contribution in [0.25, 0.3) is 0 Å². The molecule has 0 saturated heterocycles. The standard InChI is InChI=1S/C25H44IO3P/c1-30(27,28)29-23-17-15-13-11-9-7-5-3-2-4-6-8-10-12-14-16-18-24-19-21-25(26)22-20-24/h19-22H,2-18,23H2,1H3,(H,27,28)/i2D2,3D2,4D2,5D2,6D2,7D2,8D2,9D2,10D2,11D2,12D2,13D2,14D2,15D2,16D2,17D2,18D2,19D,20D,21D,22D,23D2. The van der Waals surface area contributed by atoms with Gasteiger partial charge in [0, 0.05) is 56.8 Å². The van der Waals surface area contributed by atoms with E-state index in [9.17, 15) is 9.46 Å². The summed E-state index contributed by atoms with van der Waals surface area (Å²) in [4.78, 5) is 9.45. The highest BCUT2D eigenvalue weighted by atomic mass is 127. The summed E-state index contributed by atoms with van der Waals surface area (Å²) < 4.78 is 346. The van der Waals surface area contributed by atoms with Gasteiger partial charge >= 0.3 is 7.60 Å². The first-order chi connectivity index (χ1) is 29.6. The molecule has 0 radical (unpaired) electrons. The van der Waals surface area contributed by atoms with Crippen LogP contribution in [0.3, 0.4) is 0 Å². The van der Waals surface area contributed by atoms with Gasteiger partial charge < -0.3 is 9.42 Å². The SMILES string of the molecule is [2H]c1c([2H])c(C([2H])([2H])C([2H])([2H])C([2H])([2H])C([2H])([2H])C([2H])([2H])C([2H])([2H])C([2H])([2H])C([2H])([2H])C([2H])([2H])C([2H])([2H])C([2H])([2H])C([2H])([2H])C([2H])([2H])C([2H])([2H])C([2H])([2H])C([2H])([2H])C([2H])([2H])C([2H])([2H])OP(C)(=O)O)c([2H])c([2H])c1I. The summed E-state index contributed by atoms with van der Waals surface area (Å²) in [6, 6.07) is -4.79. The Morgan fingerprint density at radius 2 is 1.17 bits per heavy atom. The highest BCUT2D eigenvalue weighted by molar-refractivity contribution is 14.1. The fourth-order valence-electron chi connectivity index (χ4n) is 1.02. The van der Waals surface area contributed by atoms with Gasteiger partial charge in [-0.3, -0.25) is 4.57 Å². The highest BCUT2D eigenvalue weighted by Crippen LogP contribution is 2.36. The Balaban J connectivity index is 4.19. The normalized spacial score (nSPS) is 41.7. The molecule has 1 aromatic rings. The van der Waals surface area contributed by atoms with E-state index in [-0.39, 0.29) is 6.66 Å². The third-order valence-electron chi connectivity index (χ3n) is 1.99. The average Bonchev–Trinajstić information content (AvgIpc) is 3.13. The fraction of sp³-hybridized carbons (Fsp3) is 0.760. The van der Waals surface area contributed by atoms with Gasteiger partial charge in [-0.1, -0.05) is 101 Å². The van der Waals surface area contributed by atoms with Gasteiger partial charge in [-0.2, -0.15) is 0 Å². The van der Waals surface area contributed by atoms with Gasteiger partial charge in [0.15, 0.2) is 0 Å². The van der Waals surface area contributed by atoms with E-state index in [2.05, 4.69) is 4.52 Å². The van der Waals surface area contributed by atoms with Gasteiger partial charge in [0.1, 0.15) is 0 Å². The van der Waals surface area contributed by atoms with E-state index in [1.54, 1.807) is 0 Å². The van der Waals surface area contributed by atoms with Gasteiger partial charge in [0.05, 0.1) is 14.8 Å². The summed E-state index contributed by atoms with van der Waals surface area (Å²) in [5.74, 6) is 0. The van der Waals surface area contributed by atoms with Crippen molar-refractivity contribution in [3.05, 3.63) is 33.3 Å². The second kappa shape index (κ2) is 18.7. The quantitative estimate of drug-likeness (QED) is 0.122. The van der Waals surface area contributed by atoms with Crippen LogP contribution in [-0.2, 0) is 15.5 Å². The van der Waals surface area contributed by atoms with Crippen LogP contribution in [-0.4, -0.2) is 18.1 Å². The molecule has 3 nitrogen and oxygen atoms in total. The summed E-state index contributed by atoms with van der Waals surface area (Å²) >= 11 is 1.28. The molecule has 0 aliphatic carbocycles. The van der Waals surface area contributed by atoms with Crippen molar-refractivity contribution in [2.75, 3.05) is 13.2 Å². The average molecular weight is 591 g/mol. The zero-order valence-electron chi connectivity index (χ0n) is 55.1. The smallest absolute Gasteiger partial charge is 0.324 e. The monoisotopic (exact) mass is 590 g/mol. The van der Waals surface area contributed by atoms with Gasteiger partial charge in [-0.15, -0.1) is 0 Å². The maximum absolute atomic E-state index is 11.8. The first kappa shape index (κ1) is 5.19. The molecule has 0 fully saturated rings. The highest BCUT2D eigenvalue weighted by Gasteiger charge is 2.08. The van der Waals surface area contributed by atoms with E-state index in [0.717, 1.165) is 0 Å². The number of benzene rings is 1. The van der Waals surface area contributed by atoms with Crippen LogP contribution in [0.15, 0.2) is 24.2 Å². The summed E-state index contributed by atoms with van der Waals surface area (Å²) in [5.41, 5.74) is -1.59. The number of hydrogen-bond acceptors (Lipinski definition) is 2. The lowest BCUT2D eigenvalue weighted by atomic mass is 10.0. The molecule has 174 valence electrons. The molecule has 30 heavy (non-hydrogen) atoms. The van der Waals surface area contributed by atoms with Crippen molar-refractivity contribution >= 4 is 30.2 Å².